The molecule has 2 bridgehead atoms. The van der Waals surface area contributed by atoms with Crippen LogP contribution < -0.4 is 10.6 Å². The van der Waals surface area contributed by atoms with Crippen molar-refractivity contribution in [2.24, 2.45) is 5.92 Å². The topological polar surface area (TPSA) is 83.1 Å². The van der Waals surface area contributed by atoms with E-state index in [0.717, 1.165) is 36.5 Å². The Morgan fingerprint density at radius 2 is 1.95 bits per heavy atom. The standard InChI is InChI=1S/C27H30F2N4O4/c1-15(17-3-4-17)32(13-16-9-19(28)12-20(29)10-16)23(34)14-33-24-27(37-26(33)36-24)8-7-18-11-21(5-6-22(18)27)31-25(35)30-2/h5-6,9-12,15,17,24,26H,3-4,7-8,13-14H2,1-2H3,(H2,30,31,35)/t15-,24?,26?,27+/m0/s1. The van der Waals surface area contributed by atoms with Gasteiger partial charge in [0.2, 0.25) is 12.3 Å². The van der Waals surface area contributed by atoms with E-state index in [1.165, 1.54) is 12.1 Å². The summed E-state index contributed by atoms with van der Waals surface area (Å²) in [5.74, 6) is -1.03. The van der Waals surface area contributed by atoms with Crippen molar-refractivity contribution in [3.05, 3.63) is 64.7 Å². The van der Waals surface area contributed by atoms with Gasteiger partial charge in [0.05, 0.1) is 6.54 Å². The Morgan fingerprint density at radius 1 is 1.19 bits per heavy atom. The van der Waals surface area contributed by atoms with E-state index in [1.54, 1.807) is 11.9 Å². The third kappa shape index (κ3) is 4.26. The van der Waals surface area contributed by atoms with Crippen LogP contribution in [-0.2, 0) is 32.8 Å². The molecular formula is C27H30F2N4O4. The SMILES string of the molecule is CNC(=O)Nc1ccc2c(c1)CC[C@@]21OC2OC1N2CC(=O)N(Cc1cc(F)cc(F)c1)[C@@H](C)C1CC1. The minimum absolute atomic E-state index is 0.0352. The molecule has 1 spiro atoms. The van der Waals surface area contributed by atoms with Crippen LogP contribution in [0.2, 0.25) is 0 Å². The van der Waals surface area contributed by atoms with Crippen LogP contribution in [0.25, 0.3) is 0 Å². The highest BCUT2D eigenvalue weighted by Crippen LogP contribution is 2.56. The largest absolute Gasteiger partial charge is 0.341 e. The summed E-state index contributed by atoms with van der Waals surface area (Å²) < 4.78 is 40.0. The number of nitrogens with one attached hydrogen (secondary N) is 2. The van der Waals surface area contributed by atoms with Crippen LogP contribution in [0.3, 0.4) is 0 Å². The van der Waals surface area contributed by atoms with Crippen molar-refractivity contribution in [1.29, 1.82) is 0 Å². The Kier molecular flexibility index (Phi) is 5.93. The van der Waals surface area contributed by atoms with Crippen LogP contribution in [0.15, 0.2) is 36.4 Å². The molecule has 1 saturated carbocycles. The van der Waals surface area contributed by atoms with E-state index in [1.807, 2.05) is 30.0 Å². The van der Waals surface area contributed by atoms with E-state index in [-0.39, 0.29) is 31.1 Å². The van der Waals surface area contributed by atoms with Gasteiger partial charge >= 0.3 is 6.03 Å². The molecule has 2 aliphatic carbocycles. The van der Waals surface area contributed by atoms with Crippen LogP contribution in [0.4, 0.5) is 19.3 Å². The minimum Gasteiger partial charge on any atom is -0.341 e. The van der Waals surface area contributed by atoms with E-state index in [9.17, 15) is 18.4 Å². The zero-order chi connectivity index (χ0) is 25.9. The summed E-state index contributed by atoms with van der Waals surface area (Å²) in [7, 11) is 1.56. The summed E-state index contributed by atoms with van der Waals surface area (Å²) in [6.07, 6.45) is 2.55. The lowest BCUT2D eigenvalue weighted by Gasteiger charge is -2.41. The molecule has 0 aromatic heterocycles. The molecule has 3 heterocycles. The van der Waals surface area contributed by atoms with Gasteiger partial charge in [-0.15, -0.1) is 0 Å². The molecule has 4 fully saturated rings. The quantitative estimate of drug-likeness (QED) is 0.592. The molecule has 0 radical (unpaired) electrons. The van der Waals surface area contributed by atoms with Gasteiger partial charge in [-0.25, -0.2) is 18.5 Å². The Hall–Kier alpha value is -3.08. The molecule has 2 aromatic carbocycles. The number of fused-ring (bicyclic) bond motifs is 1. The summed E-state index contributed by atoms with van der Waals surface area (Å²) in [4.78, 5) is 28.9. The molecule has 37 heavy (non-hydrogen) atoms. The predicted octanol–water partition coefficient (Wildman–Crippen LogP) is 3.66. The maximum absolute atomic E-state index is 13.8. The second-order valence-corrected chi connectivity index (χ2v) is 10.4. The first-order chi connectivity index (χ1) is 17.8. The monoisotopic (exact) mass is 512 g/mol. The number of rotatable bonds is 7. The molecule has 7 rings (SSSR count). The van der Waals surface area contributed by atoms with E-state index in [2.05, 4.69) is 10.6 Å². The molecule has 5 aliphatic rings. The molecule has 2 N–H and O–H groups in total. The molecule has 2 unspecified atom stereocenters. The van der Waals surface area contributed by atoms with Crippen LogP contribution in [0, 0.1) is 17.6 Å². The normalized spacial score (nSPS) is 26.5. The molecule has 3 saturated heterocycles. The smallest absolute Gasteiger partial charge is 0.318 e. The van der Waals surface area contributed by atoms with Gasteiger partial charge in [-0.3, -0.25) is 4.79 Å². The van der Waals surface area contributed by atoms with Crippen LogP contribution in [0.1, 0.15) is 42.9 Å². The zero-order valence-corrected chi connectivity index (χ0v) is 20.8. The first kappa shape index (κ1) is 24.3. The number of nitrogens with zero attached hydrogens (tertiary/aromatic N) is 2. The molecule has 10 heteroatoms. The third-order valence-electron chi connectivity index (χ3n) is 8.05. The second-order valence-electron chi connectivity index (χ2n) is 10.4. The number of carbonyl (C=O) groups excluding carboxylic acids is 2. The van der Waals surface area contributed by atoms with Gasteiger partial charge in [0, 0.05) is 31.4 Å². The number of aryl methyl sites for hydroxylation is 1. The molecule has 8 nitrogen and oxygen atoms in total. The van der Waals surface area contributed by atoms with E-state index in [0.29, 0.717) is 23.6 Å². The lowest BCUT2D eigenvalue weighted by Crippen LogP contribution is -2.59. The summed E-state index contributed by atoms with van der Waals surface area (Å²) in [5, 5.41) is 5.33. The molecular weight excluding hydrogens is 482 g/mol. The molecule has 3 amide bonds. The highest BCUT2D eigenvalue weighted by Gasteiger charge is 2.66. The van der Waals surface area contributed by atoms with Crippen molar-refractivity contribution < 1.29 is 27.8 Å². The molecule has 3 aliphatic heterocycles. The van der Waals surface area contributed by atoms with Crippen molar-refractivity contribution >= 4 is 17.6 Å². The van der Waals surface area contributed by atoms with Crippen molar-refractivity contribution in [3.63, 3.8) is 0 Å². The Balaban J connectivity index is 1.18. The summed E-state index contributed by atoms with van der Waals surface area (Å²) in [5.41, 5.74) is 2.56. The van der Waals surface area contributed by atoms with E-state index in [4.69, 9.17) is 9.47 Å². The number of hydrogen-bond acceptors (Lipinski definition) is 5. The average molecular weight is 513 g/mol. The van der Waals surface area contributed by atoms with Gasteiger partial charge in [0.25, 0.3) is 0 Å². The molecule has 196 valence electrons. The van der Waals surface area contributed by atoms with E-state index < -0.39 is 29.9 Å². The maximum Gasteiger partial charge on any atom is 0.318 e. The first-order valence-corrected chi connectivity index (χ1v) is 12.7. The zero-order valence-electron chi connectivity index (χ0n) is 20.8. The van der Waals surface area contributed by atoms with Crippen molar-refractivity contribution in [2.75, 3.05) is 18.9 Å². The Bertz CT molecular complexity index is 1230. The highest BCUT2D eigenvalue weighted by atomic mass is 19.1. The fourth-order valence-electron chi connectivity index (χ4n) is 5.94. The number of carbonyl (C=O) groups is 2. The third-order valence-corrected chi connectivity index (χ3v) is 8.05. The summed E-state index contributed by atoms with van der Waals surface area (Å²) in [6, 6.07) is 8.82. The van der Waals surface area contributed by atoms with Gasteiger partial charge in [0.15, 0.2) is 6.23 Å². The van der Waals surface area contributed by atoms with Crippen molar-refractivity contribution in [2.45, 2.75) is 63.4 Å². The second kappa shape index (κ2) is 9.04. The fourth-order valence-corrected chi connectivity index (χ4v) is 5.94. The van der Waals surface area contributed by atoms with Crippen LogP contribution in [0.5, 0.6) is 0 Å². The Morgan fingerprint density at radius 3 is 2.65 bits per heavy atom. The van der Waals surface area contributed by atoms with Crippen molar-refractivity contribution in [3.8, 4) is 0 Å². The number of amides is 3. The van der Waals surface area contributed by atoms with E-state index >= 15 is 0 Å². The lowest BCUT2D eigenvalue weighted by molar-refractivity contribution is -0.285. The number of halogens is 2. The average Bonchev–Trinajstić information content (AvgIpc) is 3.47. The van der Waals surface area contributed by atoms with Gasteiger partial charge in [-0.2, -0.15) is 0 Å². The van der Waals surface area contributed by atoms with Gasteiger partial charge in [-0.1, -0.05) is 6.07 Å². The van der Waals surface area contributed by atoms with Crippen LogP contribution >= 0.6 is 0 Å². The summed E-state index contributed by atoms with van der Waals surface area (Å²) >= 11 is 0. The summed E-state index contributed by atoms with van der Waals surface area (Å²) in [6.45, 7) is 2.24. The minimum atomic E-state index is -0.662. The number of urea groups is 1. The van der Waals surface area contributed by atoms with Gasteiger partial charge in [-0.05, 0) is 79.5 Å². The van der Waals surface area contributed by atoms with Crippen LogP contribution in [-0.4, -0.2) is 54.0 Å². The number of benzene rings is 2. The predicted molar refractivity (Wildman–Crippen MR) is 130 cm³/mol. The van der Waals surface area contributed by atoms with Crippen molar-refractivity contribution in [1.82, 2.24) is 15.1 Å². The van der Waals surface area contributed by atoms with Gasteiger partial charge < -0.3 is 25.0 Å². The number of hydrogen-bond donors (Lipinski definition) is 2. The maximum atomic E-state index is 13.8. The fraction of sp³-hybridized carbons (Fsp3) is 0.481. The number of ether oxygens (including phenoxy) is 2. The molecule has 2 aromatic rings. The lowest BCUT2D eigenvalue weighted by atomic mass is 9.93. The number of anilines is 1. The highest BCUT2D eigenvalue weighted by molar-refractivity contribution is 5.89. The Labute approximate surface area is 213 Å². The first-order valence-electron chi connectivity index (χ1n) is 12.7. The molecule has 4 atom stereocenters. The van der Waals surface area contributed by atoms with Gasteiger partial charge in [0.1, 0.15) is 17.2 Å².